The van der Waals surface area contributed by atoms with Crippen LogP contribution in [0.2, 0.25) is 0 Å². The normalized spacial score (nSPS) is 12.3. The molecular weight excluding hydrogens is 261 g/mol. The molecule has 1 unspecified atom stereocenters. The highest BCUT2D eigenvalue weighted by molar-refractivity contribution is 5.74. The molecule has 0 aliphatic rings. The lowest BCUT2D eigenvalue weighted by molar-refractivity contribution is -0.147. The van der Waals surface area contributed by atoms with Gasteiger partial charge in [-0.05, 0) is 37.6 Å². The first-order valence-corrected chi connectivity index (χ1v) is 6.67. The van der Waals surface area contributed by atoms with Crippen LogP contribution in [-0.4, -0.2) is 25.7 Å². The molecule has 0 saturated heterocycles. The van der Waals surface area contributed by atoms with Gasteiger partial charge >= 0.3 is 5.97 Å². The van der Waals surface area contributed by atoms with Crippen LogP contribution in [0.25, 0.3) is 0 Å². The molecule has 20 heavy (non-hydrogen) atoms. The minimum Gasteiger partial charge on any atom is -0.479 e. The second kappa shape index (κ2) is 7.85. The van der Waals surface area contributed by atoms with Crippen LogP contribution in [0.4, 0.5) is 4.39 Å². The SMILES string of the molecule is COC(=O)C(C)Oc1ccc(F)cc1CNCC(C)C. The van der Waals surface area contributed by atoms with E-state index < -0.39 is 12.1 Å². The number of carbonyl (C=O) groups is 1. The van der Waals surface area contributed by atoms with Crippen molar-refractivity contribution in [1.29, 1.82) is 0 Å². The highest BCUT2D eigenvalue weighted by atomic mass is 19.1. The lowest BCUT2D eigenvalue weighted by Gasteiger charge is -2.16. The van der Waals surface area contributed by atoms with Crippen molar-refractivity contribution in [1.82, 2.24) is 5.32 Å². The number of carbonyl (C=O) groups excluding carboxylic acids is 1. The number of hydrogen-bond donors (Lipinski definition) is 1. The van der Waals surface area contributed by atoms with Crippen LogP contribution in [0.15, 0.2) is 18.2 Å². The summed E-state index contributed by atoms with van der Waals surface area (Å²) in [4.78, 5) is 11.4. The number of methoxy groups -OCH3 is 1. The second-order valence-corrected chi connectivity index (χ2v) is 5.06. The van der Waals surface area contributed by atoms with Crippen LogP contribution < -0.4 is 10.1 Å². The van der Waals surface area contributed by atoms with Crippen molar-refractivity contribution in [3.8, 4) is 5.75 Å². The predicted molar refractivity (Wildman–Crippen MR) is 75.1 cm³/mol. The Balaban J connectivity index is 2.76. The first-order valence-electron chi connectivity index (χ1n) is 6.67. The fraction of sp³-hybridized carbons (Fsp3) is 0.533. The highest BCUT2D eigenvalue weighted by Gasteiger charge is 2.17. The summed E-state index contributed by atoms with van der Waals surface area (Å²) in [6, 6.07) is 4.25. The molecule has 1 atom stereocenters. The molecule has 1 aromatic rings. The zero-order chi connectivity index (χ0) is 15.1. The number of benzene rings is 1. The molecule has 0 radical (unpaired) electrons. The molecule has 0 heterocycles. The summed E-state index contributed by atoms with van der Waals surface area (Å²) in [7, 11) is 1.30. The third-order valence-corrected chi connectivity index (χ3v) is 2.73. The standard InChI is InChI=1S/C15H22FNO3/c1-10(2)8-17-9-12-7-13(16)5-6-14(12)20-11(3)15(18)19-4/h5-7,10-11,17H,8-9H2,1-4H3. The average Bonchev–Trinajstić information content (AvgIpc) is 2.40. The van der Waals surface area contributed by atoms with Crippen LogP contribution >= 0.6 is 0 Å². The van der Waals surface area contributed by atoms with Gasteiger partial charge in [-0.2, -0.15) is 0 Å². The summed E-state index contributed by atoms with van der Waals surface area (Å²) < 4.78 is 23.5. The molecule has 1 N–H and O–H groups in total. The molecule has 0 fully saturated rings. The zero-order valence-corrected chi connectivity index (χ0v) is 12.4. The molecule has 0 bridgehead atoms. The largest absolute Gasteiger partial charge is 0.479 e. The summed E-state index contributed by atoms with van der Waals surface area (Å²) in [5, 5.41) is 3.22. The summed E-state index contributed by atoms with van der Waals surface area (Å²) >= 11 is 0. The number of rotatable bonds is 7. The van der Waals surface area contributed by atoms with E-state index in [2.05, 4.69) is 23.9 Å². The second-order valence-electron chi connectivity index (χ2n) is 5.06. The van der Waals surface area contributed by atoms with Gasteiger partial charge in [-0.1, -0.05) is 13.8 Å². The van der Waals surface area contributed by atoms with Gasteiger partial charge in [0.15, 0.2) is 6.10 Å². The molecule has 0 aliphatic carbocycles. The van der Waals surface area contributed by atoms with Gasteiger partial charge in [0.25, 0.3) is 0 Å². The van der Waals surface area contributed by atoms with Gasteiger partial charge in [0.1, 0.15) is 11.6 Å². The Morgan fingerprint density at radius 3 is 2.65 bits per heavy atom. The first-order chi connectivity index (χ1) is 9.43. The Kier molecular flexibility index (Phi) is 6.45. The molecular formula is C15H22FNO3. The van der Waals surface area contributed by atoms with Crippen LogP contribution in [0, 0.1) is 11.7 Å². The lowest BCUT2D eigenvalue weighted by atomic mass is 10.1. The Morgan fingerprint density at radius 2 is 2.05 bits per heavy atom. The maximum Gasteiger partial charge on any atom is 0.346 e. The Hall–Kier alpha value is -1.62. The summed E-state index contributed by atoms with van der Waals surface area (Å²) in [6.45, 7) is 7.09. The van der Waals surface area contributed by atoms with Crippen molar-refractivity contribution in [2.24, 2.45) is 5.92 Å². The fourth-order valence-corrected chi connectivity index (χ4v) is 1.70. The van der Waals surface area contributed by atoms with E-state index in [1.807, 2.05) is 0 Å². The van der Waals surface area contributed by atoms with Gasteiger partial charge in [0.2, 0.25) is 0 Å². The smallest absolute Gasteiger partial charge is 0.346 e. The van der Waals surface area contributed by atoms with E-state index in [1.54, 1.807) is 6.92 Å². The molecule has 4 nitrogen and oxygen atoms in total. The molecule has 0 saturated carbocycles. The molecule has 0 aromatic heterocycles. The maximum atomic E-state index is 13.3. The van der Waals surface area contributed by atoms with Gasteiger partial charge in [-0.25, -0.2) is 9.18 Å². The van der Waals surface area contributed by atoms with Crippen LogP contribution in [-0.2, 0) is 16.1 Å². The van der Waals surface area contributed by atoms with Gasteiger partial charge in [-0.15, -0.1) is 0 Å². The van der Waals surface area contributed by atoms with Crippen molar-refractivity contribution in [2.75, 3.05) is 13.7 Å². The molecule has 1 aromatic carbocycles. The lowest BCUT2D eigenvalue weighted by Crippen LogP contribution is -2.26. The van der Waals surface area contributed by atoms with Crippen LogP contribution in [0.3, 0.4) is 0 Å². The summed E-state index contributed by atoms with van der Waals surface area (Å²) in [5.74, 6) is 0.197. The Bertz CT molecular complexity index is 449. The minimum atomic E-state index is -0.727. The number of nitrogens with one attached hydrogen (secondary N) is 1. The van der Waals surface area contributed by atoms with Crippen LogP contribution in [0.1, 0.15) is 26.3 Å². The van der Waals surface area contributed by atoms with E-state index in [4.69, 9.17) is 4.74 Å². The maximum absolute atomic E-state index is 13.3. The van der Waals surface area contributed by atoms with Gasteiger partial charge in [0.05, 0.1) is 7.11 Å². The van der Waals surface area contributed by atoms with E-state index in [1.165, 1.54) is 25.3 Å². The number of halogens is 1. The first kappa shape index (κ1) is 16.4. The van der Waals surface area contributed by atoms with E-state index in [9.17, 15) is 9.18 Å². The third-order valence-electron chi connectivity index (χ3n) is 2.73. The third kappa shape index (κ3) is 5.17. The highest BCUT2D eigenvalue weighted by Crippen LogP contribution is 2.21. The summed E-state index contributed by atoms with van der Waals surface area (Å²) in [5.41, 5.74) is 0.682. The number of ether oxygens (including phenoxy) is 2. The Morgan fingerprint density at radius 1 is 1.35 bits per heavy atom. The molecule has 0 amide bonds. The molecule has 0 aliphatic heterocycles. The minimum absolute atomic E-state index is 0.329. The number of esters is 1. The number of hydrogen-bond acceptors (Lipinski definition) is 4. The van der Waals surface area contributed by atoms with E-state index in [0.29, 0.717) is 23.8 Å². The molecule has 112 valence electrons. The topological polar surface area (TPSA) is 47.6 Å². The quantitative estimate of drug-likeness (QED) is 0.781. The van der Waals surface area contributed by atoms with Crippen molar-refractivity contribution in [3.05, 3.63) is 29.6 Å². The molecule has 1 rings (SSSR count). The van der Waals surface area contributed by atoms with Crippen molar-refractivity contribution in [2.45, 2.75) is 33.4 Å². The molecule has 0 spiro atoms. The van der Waals surface area contributed by atoms with E-state index in [-0.39, 0.29) is 5.82 Å². The molecule has 5 heteroatoms. The zero-order valence-electron chi connectivity index (χ0n) is 12.4. The summed E-state index contributed by atoms with van der Waals surface area (Å²) in [6.07, 6.45) is -0.727. The van der Waals surface area contributed by atoms with Crippen molar-refractivity contribution in [3.63, 3.8) is 0 Å². The van der Waals surface area contributed by atoms with Gasteiger partial charge < -0.3 is 14.8 Å². The van der Waals surface area contributed by atoms with Gasteiger partial charge in [0, 0.05) is 12.1 Å². The van der Waals surface area contributed by atoms with Gasteiger partial charge in [-0.3, -0.25) is 0 Å². The van der Waals surface area contributed by atoms with Crippen LogP contribution in [0.5, 0.6) is 5.75 Å². The predicted octanol–water partition coefficient (Wildman–Crippen LogP) is 2.51. The fourth-order valence-electron chi connectivity index (χ4n) is 1.70. The van der Waals surface area contributed by atoms with E-state index in [0.717, 1.165) is 6.54 Å². The Labute approximate surface area is 119 Å². The monoisotopic (exact) mass is 283 g/mol. The average molecular weight is 283 g/mol. The van der Waals surface area contributed by atoms with Crippen molar-refractivity contribution < 1.29 is 18.7 Å². The van der Waals surface area contributed by atoms with E-state index >= 15 is 0 Å². The van der Waals surface area contributed by atoms with Crippen molar-refractivity contribution >= 4 is 5.97 Å².